The molecule has 10 heterocycles. The van der Waals surface area contributed by atoms with Crippen LogP contribution in [0.2, 0.25) is 20.1 Å². The lowest BCUT2D eigenvalue weighted by molar-refractivity contribution is 0.0374. The molecule has 30 heteroatoms. The number of amidine groups is 1. The van der Waals surface area contributed by atoms with Gasteiger partial charge >= 0.3 is 12.2 Å². The fourth-order valence-electron chi connectivity index (χ4n) is 19.3. The quantitative estimate of drug-likeness (QED) is 0.0153. The first-order valence-electron chi connectivity index (χ1n) is 46.8. The fraction of sp³-hybridized carbons (Fsp3) is 0.318. The molecule has 6 aliphatic rings. The Bertz CT molecular complexity index is 6570. The highest BCUT2D eigenvalue weighted by molar-refractivity contribution is 9.10. The molecule has 0 saturated carbocycles. The molecular formula is C107H113BrCl4N14O9S2. The van der Waals surface area contributed by atoms with E-state index in [1.54, 1.807) is 30.9 Å². The number of benzene rings is 10. The molecule has 0 radical (unpaired) electrons. The number of rotatable bonds is 21. The van der Waals surface area contributed by atoms with E-state index >= 15 is 0 Å². The second kappa shape index (κ2) is 46.1. The molecule has 4 aromatic heterocycles. The molecule has 3 amide bonds. The third-order valence-electron chi connectivity index (χ3n) is 26.1. The van der Waals surface area contributed by atoms with Gasteiger partial charge in [0, 0.05) is 183 Å². The summed E-state index contributed by atoms with van der Waals surface area (Å²) in [6.45, 7) is 18.7. The number of thioether (sulfide) groups is 1. The van der Waals surface area contributed by atoms with E-state index < -0.39 is 0 Å². The number of nitrogens with zero attached hydrogens (tertiary/aromatic N) is 7. The molecule has 2 fully saturated rings. The van der Waals surface area contributed by atoms with Crippen molar-refractivity contribution in [3.63, 3.8) is 0 Å². The van der Waals surface area contributed by atoms with Crippen molar-refractivity contribution < 1.29 is 42.8 Å². The van der Waals surface area contributed by atoms with Gasteiger partial charge in [-0.15, -0.1) is 0 Å². The van der Waals surface area contributed by atoms with Crippen LogP contribution in [0.5, 0.6) is 11.5 Å². The number of hydrogen-bond acceptors (Lipinski definition) is 15. The van der Waals surface area contributed by atoms with E-state index in [0.717, 1.165) is 232 Å². The van der Waals surface area contributed by atoms with E-state index in [9.17, 15) is 14.4 Å². The lowest BCUT2D eigenvalue weighted by Gasteiger charge is -2.38. The summed E-state index contributed by atoms with van der Waals surface area (Å²) in [4.78, 5) is 70.8. The van der Waals surface area contributed by atoms with Crippen LogP contribution in [-0.4, -0.2) is 217 Å². The number of halogens is 5. The average Bonchev–Trinajstić information content (AvgIpc) is 1.63. The number of morpholine rings is 2. The topological polar surface area (TPSA) is 238 Å². The minimum absolute atomic E-state index is 0.0350. The molecule has 14 aromatic rings. The number of hydrogen-bond donors (Lipinski definition) is 7. The van der Waals surface area contributed by atoms with Crippen molar-refractivity contribution in [2.75, 3.05) is 145 Å². The van der Waals surface area contributed by atoms with Crippen LogP contribution in [0.25, 0.3) is 43.6 Å². The molecule has 7 N–H and O–H groups in total. The normalized spacial score (nSPS) is 17.1. The Morgan fingerprint density at radius 1 is 0.474 bits per heavy atom. The van der Waals surface area contributed by atoms with Crippen molar-refractivity contribution in [1.82, 2.24) is 60.0 Å². The fourth-order valence-corrected chi connectivity index (χ4v) is 21.7. The van der Waals surface area contributed by atoms with Crippen LogP contribution < -0.4 is 25.4 Å². The van der Waals surface area contributed by atoms with Gasteiger partial charge in [0.15, 0.2) is 10.3 Å². The first kappa shape index (κ1) is 97.6. The van der Waals surface area contributed by atoms with E-state index in [1.807, 2.05) is 147 Å². The van der Waals surface area contributed by atoms with E-state index in [4.69, 9.17) is 92.0 Å². The van der Waals surface area contributed by atoms with Gasteiger partial charge in [0.2, 0.25) is 0 Å². The number of aromatic amines is 4. The molecule has 2 saturated heterocycles. The van der Waals surface area contributed by atoms with E-state index in [0.29, 0.717) is 60.0 Å². The molecule has 10 aromatic carbocycles. The number of nitrogens with one attached hydrogen (secondary N) is 7. The number of thiocarbonyl (C=S) groups is 1. The van der Waals surface area contributed by atoms with Gasteiger partial charge in [-0.3, -0.25) is 29.4 Å². The van der Waals surface area contributed by atoms with Crippen molar-refractivity contribution in [2.45, 2.75) is 82.4 Å². The summed E-state index contributed by atoms with van der Waals surface area (Å²) in [5.41, 5.74) is 21.9. The van der Waals surface area contributed by atoms with Crippen LogP contribution in [0.1, 0.15) is 133 Å². The maximum absolute atomic E-state index is 12.9. The number of carbonyl (C=O) groups is 3. The van der Waals surface area contributed by atoms with Crippen LogP contribution in [0.3, 0.4) is 0 Å². The standard InChI is InChI=1S/C28H33ClN4O4.C27H33BrN4O3.C27H26ClN3OS.C25H21Cl2N3OS/c1-2-37-28(35)33-13-10-22-23-18-21(29)8-9-24(23)31-25(22)26(33)19-4-6-20(7-5-19)27(34)30-11-3-12-32-14-16-36-17-15-32;1-2-35-27(33)32-11-9-22-23-17-21(28)7-8-24(23)30-25(22)26(32)20-5-3-19(4-6-20)18-29-10-12-31-13-15-34-16-14-31;1-29-27(33-17-18-6-4-3-5-7-18)31-15-14-22-23-16-20(28)10-13-24(23)30-25(22)26(31)19-8-11-21(32-2)12-9-19;1-31-17-9-6-15(7-10-17)24-23-18(19-14-16(26)8-11-21(19)28-23)12-13-30(24)25(32)29-22-5-3-2-4-20(22)27/h4-9,18,26,31H,2-3,10-17H2,1H3,(H,30,34);3-8,17,26,29-30H,2,9-16,18H2,1H3;3-13,16,26,30H,14-15,17H2,1-2H3;2-11,14,24,28H,12-13H2,1H3,(H,29,32). The number of carbonyl (C=O) groups excluding carboxylic acids is 3. The molecule has 23 nitrogen and oxygen atoms in total. The molecule has 712 valence electrons. The highest BCUT2D eigenvalue weighted by atomic mass is 79.9. The van der Waals surface area contributed by atoms with Crippen molar-refractivity contribution in [2.24, 2.45) is 4.99 Å². The third-order valence-corrected chi connectivity index (χ3v) is 29.1. The molecule has 0 spiro atoms. The highest BCUT2D eigenvalue weighted by Gasteiger charge is 2.40. The summed E-state index contributed by atoms with van der Waals surface area (Å²) in [5, 5.41) is 19.1. The monoisotopic (exact) mass is 2020 g/mol. The van der Waals surface area contributed by atoms with Gasteiger partial charge in [0.25, 0.3) is 5.91 Å². The number of para-hydroxylation sites is 1. The smallest absolute Gasteiger partial charge is 0.410 e. The SMILES string of the molecule is CCOC(=O)N1CCc2c([nH]c3ccc(Br)cc23)C1c1ccc(CNCCN2CCOCC2)cc1.CCOC(=O)N1CCc2c([nH]c3ccc(Cl)cc23)C1c1ccc(C(=O)NCCCN2CCOCC2)cc1.CN=C(SCc1ccccc1)N1CCc2c([nH]c3ccc(Cl)cc23)C1c1ccc(OC)cc1.COc1ccc(C2c3[nH]c4ccc(Cl)cc4c3CCN2C(=S)Nc2ccccc2Cl)cc1. The van der Waals surface area contributed by atoms with Crippen LogP contribution in [0, 0.1) is 0 Å². The summed E-state index contributed by atoms with van der Waals surface area (Å²) >= 11 is 36.6. The van der Waals surface area contributed by atoms with Gasteiger partial charge < -0.3 is 74.1 Å². The Labute approximate surface area is 837 Å². The maximum atomic E-state index is 12.9. The van der Waals surface area contributed by atoms with Gasteiger partial charge in [-0.25, -0.2) is 9.59 Å². The second-order valence-electron chi connectivity index (χ2n) is 34.4. The van der Waals surface area contributed by atoms with E-state index in [1.165, 1.54) is 49.8 Å². The number of fused-ring (bicyclic) bond motifs is 12. The Kier molecular flexibility index (Phi) is 32.9. The number of amides is 3. The molecule has 0 aliphatic carbocycles. The first-order valence-corrected chi connectivity index (χ1v) is 50.5. The number of H-pyrrole nitrogens is 4. The number of aromatic nitrogens is 4. The predicted octanol–water partition coefficient (Wildman–Crippen LogP) is 22.4. The van der Waals surface area contributed by atoms with Crippen molar-refractivity contribution >= 4 is 164 Å². The number of aliphatic imine (C=N–C) groups is 1. The molecule has 20 rings (SSSR count). The molecule has 0 bridgehead atoms. The van der Waals surface area contributed by atoms with Crippen LogP contribution in [0.4, 0.5) is 15.3 Å². The van der Waals surface area contributed by atoms with E-state index in [-0.39, 0.29) is 42.3 Å². The predicted molar refractivity (Wildman–Crippen MR) is 560 cm³/mol. The highest BCUT2D eigenvalue weighted by Crippen LogP contribution is 2.46. The van der Waals surface area contributed by atoms with Crippen molar-refractivity contribution in [3.05, 3.63) is 333 Å². The van der Waals surface area contributed by atoms with Gasteiger partial charge in [0.05, 0.1) is 76.7 Å². The van der Waals surface area contributed by atoms with Gasteiger partial charge in [-0.05, 0) is 242 Å². The lowest BCUT2D eigenvalue weighted by atomic mass is 9.92. The Balaban J connectivity index is 0.000000127. The van der Waals surface area contributed by atoms with Crippen LogP contribution in [-0.2, 0) is 56.9 Å². The first-order chi connectivity index (χ1) is 66.9. The molecule has 4 atom stereocenters. The van der Waals surface area contributed by atoms with Crippen molar-refractivity contribution in [1.29, 1.82) is 0 Å². The summed E-state index contributed by atoms with van der Waals surface area (Å²) in [7, 11) is 5.26. The van der Waals surface area contributed by atoms with Gasteiger partial charge in [-0.2, -0.15) is 0 Å². The molecule has 6 aliphatic heterocycles. The van der Waals surface area contributed by atoms with Crippen LogP contribution >= 0.6 is 86.3 Å². The molecule has 4 unspecified atom stereocenters. The van der Waals surface area contributed by atoms with Gasteiger partial charge in [0.1, 0.15) is 23.6 Å². The minimum atomic E-state index is -0.350. The second-order valence-corrected chi connectivity index (χ2v) is 38.4. The van der Waals surface area contributed by atoms with Crippen molar-refractivity contribution in [3.8, 4) is 11.5 Å². The largest absolute Gasteiger partial charge is 0.497 e. The zero-order valence-corrected chi connectivity index (χ0v) is 83.6. The van der Waals surface area contributed by atoms with E-state index in [2.05, 4.69) is 175 Å². The maximum Gasteiger partial charge on any atom is 0.410 e. The van der Waals surface area contributed by atoms with Gasteiger partial charge in [-0.1, -0.05) is 177 Å². The zero-order chi connectivity index (χ0) is 95.0. The zero-order valence-electron chi connectivity index (χ0n) is 77.4. The summed E-state index contributed by atoms with van der Waals surface area (Å²) in [6, 6.07) is 74.3. The lowest BCUT2D eigenvalue weighted by Crippen LogP contribution is -2.42. The Hall–Kier alpha value is -11.1. The number of methoxy groups -OCH3 is 2. The summed E-state index contributed by atoms with van der Waals surface area (Å²) in [5.74, 6) is 2.46. The summed E-state index contributed by atoms with van der Waals surface area (Å²) < 4.78 is 33.4. The minimum Gasteiger partial charge on any atom is -0.497 e. The average molecular weight is 2030 g/mol. The third kappa shape index (κ3) is 22.9. The van der Waals surface area contributed by atoms with Crippen LogP contribution in [0.15, 0.2) is 234 Å². The number of ether oxygens (including phenoxy) is 6. The Morgan fingerprint density at radius 3 is 1.36 bits per heavy atom. The summed E-state index contributed by atoms with van der Waals surface area (Å²) in [6.07, 6.45) is 3.57. The number of anilines is 1. The molecule has 137 heavy (non-hydrogen) atoms. The Morgan fingerprint density at radius 2 is 0.891 bits per heavy atom. The molecular weight excluding hydrogens is 1910 g/mol.